The molecule has 1 saturated heterocycles. The number of hydroxylamine groups is 1. The van der Waals surface area contributed by atoms with E-state index in [1.165, 1.54) is 19.3 Å². The van der Waals surface area contributed by atoms with Gasteiger partial charge in [0.15, 0.2) is 0 Å². The van der Waals surface area contributed by atoms with Crippen LogP contribution in [0.5, 0.6) is 0 Å². The van der Waals surface area contributed by atoms with Crippen molar-refractivity contribution in [2.75, 3.05) is 19.6 Å². The number of piperidine rings is 1. The molecular weight excluding hydrogens is 344 g/mol. The van der Waals surface area contributed by atoms with Crippen molar-refractivity contribution in [1.82, 2.24) is 20.3 Å². The second-order valence-electron chi connectivity index (χ2n) is 8.39. The van der Waals surface area contributed by atoms with E-state index in [0.717, 1.165) is 56.7 Å². The van der Waals surface area contributed by atoms with E-state index in [1.54, 1.807) is 18.6 Å². The first-order valence-electron chi connectivity index (χ1n) is 9.91. The van der Waals surface area contributed by atoms with Gasteiger partial charge in [0.2, 0.25) is 5.91 Å². The van der Waals surface area contributed by atoms with Gasteiger partial charge in [-0.15, -0.1) is 0 Å². The third kappa shape index (κ3) is 3.58. The van der Waals surface area contributed by atoms with E-state index < -0.39 is 5.91 Å². The molecule has 4 rings (SSSR count). The molecule has 27 heavy (non-hydrogen) atoms. The van der Waals surface area contributed by atoms with Crippen LogP contribution in [0.25, 0.3) is 0 Å². The lowest BCUT2D eigenvalue weighted by molar-refractivity contribution is -0.131. The minimum atomic E-state index is -0.512. The van der Waals surface area contributed by atoms with Gasteiger partial charge in [-0.1, -0.05) is 0 Å². The molecule has 0 bridgehead atoms. The van der Waals surface area contributed by atoms with Crippen LogP contribution in [0.2, 0.25) is 0 Å². The summed E-state index contributed by atoms with van der Waals surface area (Å²) in [6.07, 6.45) is 8.39. The van der Waals surface area contributed by atoms with Gasteiger partial charge >= 0.3 is 0 Å². The Labute approximate surface area is 159 Å². The number of pyridine rings is 1. The van der Waals surface area contributed by atoms with Gasteiger partial charge in [0.25, 0.3) is 5.91 Å². The fraction of sp³-hybridized carbons (Fsp3) is 0.650. The molecule has 2 N–H and O–H groups in total. The monoisotopic (exact) mass is 372 g/mol. The normalized spacial score (nSPS) is 24.7. The van der Waals surface area contributed by atoms with Crippen molar-refractivity contribution in [3.05, 3.63) is 29.1 Å². The summed E-state index contributed by atoms with van der Waals surface area (Å²) >= 11 is 0. The summed E-state index contributed by atoms with van der Waals surface area (Å²) in [6.45, 7) is 5.30. The summed E-state index contributed by atoms with van der Waals surface area (Å²) < 4.78 is 0. The molecule has 0 radical (unpaired) electrons. The number of fused-ring (bicyclic) bond motifs is 1. The number of nitrogens with one attached hydrogen (secondary N) is 1. The zero-order valence-corrected chi connectivity index (χ0v) is 15.9. The van der Waals surface area contributed by atoms with Crippen molar-refractivity contribution in [3.8, 4) is 0 Å². The number of nitrogens with zero attached hydrogens (tertiary/aromatic N) is 3. The highest BCUT2D eigenvalue weighted by Gasteiger charge is 2.43. The van der Waals surface area contributed by atoms with Gasteiger partial charge in [-0.3, -0.25) is 24.7 Å². The third-order valence-corrected chi connectivity index (χ3v) is 6.91. The maximum atomic E-state index is 11.6. The van der Waals surface area contributed by atoms with Crippen LogP contribution >= 0.6 is 0 Å². The molecular formula is C20H28N4O3. The molecule has 7 heteroatoms. The Morgan fingerprint density at radius 3 is 2.74 bits per heavy atom. The number of hydrogen-bond acceptors (Lipinski definition) is 5. The Hall–Kier alpha value is -1.99. The van der Waals surface area contributed by atoms with Crippen LogP contribution in [0.4, 0.5) is 0 Å². The van der Waals surface area contributed by atoms with Gasteiger partial charge in [-0.2, -0.15) is 0 Å². The molecule has 2 aliphatic heterocycles. The van der Waals surface area contributed by atoms with Gasteiger partial charge < -0.3 is 4.90 Å². The van der Waals surface area contributed by atoms with Crippen molar-refractivity contribution in [3.63, 3.8) is 0 Å². The van der Waals surface area contributed by atoms with Crippen molar-refractivity contribution in [1.29, 1.82) is 0 Å². The topological polar surface area (TPSA) is 85.8 Å². The summed E-state index contributed by atoms with van der Waals surface area (Å²) in [5.41, 5.74) is 4.64. The molecule has 1 aliphatic carbocycles. The van der Waals surface area contributed by atoms with E-state index in [-0.39, 0.29) is 5.91 Å². The van der Waals surface area contributed by atoms with E-state index in [2.05, 4.69) is 9.88 Å². The lowest BCUT2D eigenvalue weighted by Crippen LogP contribution is -2.43. The molecule has 2 fully saturated rings. The summed E-state index contributed by atoms with van der Waals surface area (Å²) in [6, 6.07) is 2.43. The van der Waals surface area contributed by atoms with E-state index in [4.69, 9.17) is 5.21 Å². The fourth-order valence-corrected chi connectivity index (χ4v) is 5.17. The molecule has 1 atom stereocenters. The lowest BCUT2D eigenvalue weighted by atomic mass is 9.76. The van der Waals surface area contributed by atoms with E-state index in [1.807, 2.05) is 11.0 Å². The van der Waals surface area contributed by atoms with Crippen LogP contribution in [0.3, 0.4) is 0 Å². The smallest absolute Gasteiger partial charge is 0.276 e. The molecule has 3 heterocycles. The van der Waals surface area contributed by atoms with Crippen LogP contribution in [0.1, 0.15) is 60.6 Å². The van der Waals surface area contributed by atoms with Gasteiger partial charge in [-0.05, 0) is 55.6 Å². The second-order valence-corrected chi connectivity index (χ2v) is 8.39. The number of amides is 2. The van der Waals surface area contributed by atoms with E-state index >= 15 is 0 Å². The second kappa shape index (κ2) is 7.20. The minimum absolute atomic E-state index is 0.201. The molecule has 7 nitrogen and oxygen atoms in total. The highest BCUT2D eigenvalue weighted by atomic mass is 16.5. The van der Waals surface area contributed by atoms with Crippen LogP contribution in [-0.4, -0.2) is 57.5 Å². The Morgan fingerprint density at radius 2 is 2.04 bits per heavy atom. The molecule has 1 unspecified atom stereocenters. The van der Waals surface area contributed by atoms with Crippen LogP contribution in [0, 0.1) is 5.41 Å². The number of carbonyl (C=O) groups excluding carboxylic acids is 2. The SMILES string of the molecule is CC(=O)N1CCC2(CCC(N3CCc4cc(C(=O)NO)cnc4C3)C2)CC1. The number of carbonyl (C=O) groups is 2. The molecule has 3 aliphatic rings. The minimum Gasteiger partial charge on any atom is -0.343 e. The number of likely N-dealkylation sites (tertiary alicyclic amines) is 1. The van der Waals surface area contributed by atoms with Gasteiger partial charge in [0.1, 0.15) is 0 Å². The van der Waals surface area contributed by atoms with Crippen molar-refractivity contribution >= 4 is 11.8 Å². The molecule has 1 aromatic heterocycles. The molecule has 1 saturated carbocycles. The van der Waals surface area contributed by atoms with Crippen molar-refractivity contribution in [2.24, 2.45) is 5.41 Å². The number of aromatic nitrogens is 1. The highest BCUT2D eigenvalue weighted by Crippen LogP contribution is 2.48. The molecule has 0 aromatic carbocycles. The zero-order chi connectivity index (χ0) is 19.0. The van der Waals surface area contributed by atoms with Crippen LogP contribution < -0.4 is 5.48 Å². The van der Waals surface area contributed by atoms with E-state index in [9.17, 15) is 9.59 Å². The van der Waals surface area contributed by atoms with Gasteiger partial charge in [-0.25, -0.2) is 5.48 Å². The summed E-state index contributed by atoms with van der Waals surface area (Å²) in [5, 5.41) is 8.79. The number of hydrogen-bond donors (Lipinski definition) is 2. The van der Waals surface area contributed by atoms with Gasteiger partial charge in [0.05, 0.1) is 11.3 Å². The first kappa shape index (κ1) is 18.4. The fourth-order valence-electron chi connectivity index (χ4n) is 5.17. The molecule has 146 valence electrons. The summed E-state index contributed by atoms with van der Waals surface area (Å²) in [7, 11) is 0. The number of rotatable bonds is 2. The van der Waals surface area contributed by atoms with Gasteiger partial charge in [0, 0.05) is 45.3 Å². The Kier molecular flexibility index (Phi) is 4.90. The first-order valence-corrected chi connectivity index (χ1v) is 9.91. The lowest BCUT2D eigenvalue weighted by Gasteiger charge is -2.40. The Bertz CT molecular complexity index is 743. The summed E-state index contributed by atoms with van der Waals surface area (Å²) in [4.78, 5) is 32.2. The quantitative estimate of drug-likeness (QED) is 0.610. The largest absolute Gasteiger partial charge is 0.343 e. The molecule has 1 aromatic rings. The van der Waals surface area contributed by atoms with Crippen LogP contribution in [-0.2, 0) is 17.8 Å². The zero-order valence-electron chi connectivity index (χ0n) is 15.9. The average Bonchev–Trinajstić information content (AvgIpc) is 3.10. The Balaban J connectivity index is 1.39. The average molecular weight is 372 g/mol. The Morgan fingerprint density at radius 1 is 1.26 bits per heavy atom. The standard InChI is InChI=1S/C20H28N4O3/c1-14(25)23-8-5-20(6-9-23)4-2-17(11-20)24-7-3-15-10-16(19(26)22-27)12-21-18(15)13-24/h10,12,17,27H,2-9,11,13H2,1H3,(H,22,26). The van der Waals surface area contributed by atoms with E-state index in [0.29, 0.717) is 17.0 Å². The summed E-state index contributed by atoms with van der Waals surface area (Å²) in [5.74, 6) is -0.310. The van der Waals surface area contributed by atoms with Crippen LogP contribution in [0.15, 0.2) is 12.3 Å². The molecule has 1 spiro atoms. The maximum absolute atomic E-state index is 11.6. The highest BCUT2D eigenvalue weighted by molar-refractivity contribution is 5.93. The third-order valence-electron chi connectivity index (χ3n) is 6.91. The van der Waals surface area contributed by atoms with Crippen molar-refractivity contribution in [2.45, 2.75) is 58.0 Å². The predicted octanol–water partition coefficient (Wildman–Crippen LogP) is 1.74. The molecule has 2 amide bonds. The maximum Gasteiger partial charge on any atom is 0.276 e. The van der Waals surface area contributed by atoms with Crippen molar-refractivity contribution < 1.29 is 14.8 Å². The predicted molar refractivity (Wildman–Crippen MR) is 99.2 cm³/mol. The first-order chi connectivity index (χ1) is 13.0.